The number of sulfonamides is 1. The molecule has 29 heavy (non-hydrogen) atoms. The van der Waals surface area contributed by atoms with Crippen LogP contribution in [0.1, 0.15) is 37.3 Å². The summed E-state index contributed by atoms with van der Waals surface area (Å²) in [6, 6.07) is 7.92. The zero-order valence-electron chi connectivity index (χ0n) is 16.9. The molecule has 0 saturated carbocycles. The van der Waals surface area contributed by atoms with Gasteiger partial charge >= 0.3 is 0 Å². The van der Waals surface area contributed by atoms with Gasteiger partial charge in [0.15, 0.2) is 0 Å². The van der Waals surface area contributed by atoms with Crippen molar-refractivity contribution >= 4 is 28.1 Å². The molecule has 2 rings (SSSR count). The van der Waals surface area contributed by atoms with Gasteiger partial charge in [0.05, 0.1) is 23.5 Å². The number of ether oxygens (including phenoxy) is 1. The van der Waals surface area contributed by atoms with Crippen LogP contribution in [-0.2, 0) is 10.0 Å². The van der Waals surface area contributed by atoms with Gasteiger partial charge < -0.3 is 10.1 Å². The molecular formula is C20H29ClFN3O3S. The van der Waals surface area contributed by atoms with Gasteiger partial charge in [0.1, 0.15) is 6.61 Å². The largest absolute Gasteiger partial charge is 0.476 e. The van der Waals surface area contributed by atoms with Crippen molar-refractivity contribution in [3.05, 3.63) is 47.7 Å². The first-order valence-corrected chi connectivity index (χ1v) is 10.8. The second-order valence-electron chi connectivity index (χ2n) is 6.67. The van der Waals surface area contributed by atoms with Gasteiger partial charge in [-0.1, -0.05) is 26.0 Å². The number of pyridine rings is 1. The Hall–Kier alpha value is -1.90. The second-order valence-corrected chi connectivity index (χ2v) is 8.35. The Bertz CT molecular complexity index is 864. The third-order valence-electron chi connectivity index (χ3n) is 4.28. The highest BCUT2D eigenvalue weighted by Gasteiger charge is 2.16. The number of hydrogen-bond acceptors (Lipinski definition) is 5. The number of anilines is 1. The first-order valence-electron chi connectivity index (χ1n) is 9.36. The van der Waals surface area contributed by atoms with E-state index in [4.69, 9.17) is 4.74 Å². The molecule has 0 aliphatic rings. The van der Waals surface area contributed by atoms with Crippen molar-refractivity contribution in [2.75, 3.05) is 31.1 Å². The van der Waals surface area contributed by atoms with E-state index in [0.29, 0.717) is 23.7 Å². The van der Waals surface area contributed by atoms with E-state index in [1.165, 1.54) is 18.3 Å². The van der Waals surface area contributed by atoms with E-state index in [0.717, 1.165) is 25.1 Å². The van der Waals surface area contributed by atoms with E-state index in [9.17, 15) is 12.8 Å². The topological polar surface area (TPSA) is 80.3 Å². The number of alkyl halides is 1. The van der Waals surface area contributed by atoms with Crippen LogP contribution in [0.25, 0.3) is 0 Å². The fourth-order valence-electron chi connectivity index (χ4n) is 2.51. The Morgan fingerprint density at radius 2 is 1.90 bits per heavy atom. The lowest BCUT2D eigenvalue weighted by molar-refractivity contribution is 0.302. The first-order chi connectivity index (χ1) is 13.4. The summed E-state index contributed by atoms with van der Waals surface area (Å²) in [4.78, 5) is 4.28. The van der Waals surface area contributed by atoms with Crippen LogP contribution in [0.3, 0.4) is 0 Å². The summed E-state index contributed by atoms with van der Waals surface area (Å²) in [5, 5.41) is 3.23. The molecular weight excluding hydrogens is 417 g/mol. The molecule has 9 heteroatoms. The maximum Gasteiger partial charge on any atom is 0.261 e. The quantitative estimate of drug-likeness (QED) is 0.510. The lowest BCUT2D eigenvalue weighted by Crippen LogP contribution is -2.21. The molecule has 0 unspecified atom stereocenters. The van der Waals surface area contributed by atoms with Crippen LogP contribution >= 0.6 is 12.4 Å². The fourth-order valence-corrected chi connectivity index (χ4v) is 3.63. The SMILES string of the molecule is CCCNCCOc1cc(C)c(NS(=O)(=O)c2ccc([C@@H](C)CF)cc2)cn1.Cl. The molecule has 0 spiro atoms. The lowest BCUT2D eigenvalue weighted by atomic mass is 10.0. The molecule has 0 radical (unpaired) electrons. The van der Waals surface area contributed by atoms with E-state index in [-0.39, 0.29) is 23.2 Å². The number of aryl methyl sites for hydroxylation is 1. The van der Waals surface area contributed by atoms with Gasteiger partial charge in [0.2, 0.25) is 5.88 Å². The number of hydrogen-bond donors (Lipinski definition) is 2. The minimum Gasteiger partial charge on any atom is -0.476 e. The Labute approximate surface area is 178 Å². The molecule has 0 aliphatic carbocycles. The Balaban J connectivity index is 0.00000420. The molecule has 0 fully saturated rings. The van der Waals surface area contributed by atoms with Gasteiger partial charge in [-0.25, -0.2) is 13.4 Å². The highest BCUT2D eigenvalue weighted by atomic mass is 35.5. The standard InChI is InChI=1S/C20H28FN3O3S.ClH/c1-4-9-22-10-11-27-20-12-15(2)19(14-23-20)24-28(25,26)18-7-5-17(6-8-18)16(3)13-21;/h5-8,12,14,16,22,24H,4,9-11,13H2,1-3H3;1H/t16-;/m0./s1. The maximum atomic E-state index is 12.8. The van der Waals surface area contributed by atoms with Gasteiger partial charge in [0.25, 0.3) is 10.0 Å². The average Bonchev–Trinajstić information content (AvgIpc) is 2.69. The van der Waals surface area contributed by atoms with E-state index >= 15 is 0 Å². The molecule has 1 heterocycles. The Morgan fingerprint density at radius 1 is 1.21 bits per heavy atom. The number of rotatable bonds is 11. The number of nitrogens with zero attached hydrogens (tertiary/aromatic N) is 1. The number of nitrogens with one attached hydrogen (secondary N) is 2. The van der Waals surface area contributed by atoms with Crippen molar-refractivity contribution in [1.82, 2.24) is 10.3 Å². The van der Waals surface area contributed by atoms with E-state index in [1.807, 2.05) is 0 Å². The molecule has 0 aliphatic heterocycles. The molecule has 0 bridgehead atoms. The summed E-state index contributed by atoms with van der Waals surface area (Å²) in [6.45, 7) is 7.29. The normalized spacial score (nSPS) is 12.1. The Kier molecular flexibility index (Phi) is 10.4. The van der Waals surface area contributed by atoms with Crippen molar-refractivity contribution in [2.24, 2.45) is 0 Å². The summed E-state index contributed by atoms with van der Waals surface area (Å²) in [6.07, 6.45) is 2.50. The zero-order valence-corrected chi connectivity index (χ0v) is 18.6. The first kappa shape index (κ1) is 25.1. The van der Waals surface area contributed by atoms with Crippen molar-refractivity contribution < 1.29 is 17.5 Å². The molecule has 1 aromatic carbocycles. The predicted molar refractivity (Wildman–Crippen MR) is 117 cm³/mol. The molecule has 2 aromatic rings. The van der Waals surface area contributed by atoms with Crippen LogP contribution < -0.4 is 14.8 Å². The average molecular weight is 446 g/mol. The van der Waals surface area contributed by atoms with Crippen LogP contribution in [0.15, 0.2) is 41.4 Å². The predicted octanol–water partition coefficient (Wildman–Crippen LogP) is 4.06. The molecule has 6 nitrogen and oxygen atoms in total. The van der Waals surface area contributed by atoms with E-state index < -0.39 is 16.7 Å². The van der Waals surface area contributed by atoms with Crippen molar-refractivity contribution in [3.8, 4) is 5.88 Å². The van der Waals surface area contributed by atoms with Gasteiger partial charge in [-0.3, -0.25) is 9.11 Å². The van der Waals surface area contributed by atoms with Crippen molar-refractivity contribution in [3.63, 3.8) is 0 Å². The second kappa shape index (κ2) is 11.9. The minimum absolute atomic E-state index is 0. The van der Waals surface area contributed by atoms with Gasteiger partial charge in [-0.2, -0.15) is 0 Å². The van der Waals surface area contributed by atoms with Crippen LogP contribution in [0, 0.1) is 6.92 Å². The van der Waals surface area contributed by atoms with Crippen LogP contribution in [0.2, 0.25) is 0 Å². The molecule has 0 amide bonds. The monoisotopic (exact) mass is 445 g/mol. The minimum atomic E-state index is -3.76. The number of benzene rings is 1. The zero-order chi connectivity index (χ0) is 20.6. The number of aromatic nitrogens is 1. The summed E-state index contributed by atoms with van der Waals surface area (Å²) in [5.41, 5.74) is 1.85. The molecule has 1 aromatic heterocycles. The smallest absolute Gasteiger partial charge is 0.261 e. The Morgan fingerprint density at radius 3 is 2.48 bits per heavy atom. The summed E-state index contributed by atoms with van der Waals surface area (Å²) >= 11 is 0. The summed E-state index contributed by atoms with van der Waals surface area (Å²) < 4.78 is 46.1. The van der Waals surface area contributed by atoms with Gasteiger partial charge in [-0.15, -0.1) is 12.4 Å². The van der Waals surface area contributed by atoms with E-state index in [1.54, 1.807) is 32.0 Å². The van der Waals surface area contributed by atoms with Crippen molar-refractivity contribution in [2.45, 2.75) is 38.0 Å². The maximum absolute atomic E-state index is 12.8. The van der Waals surface area contributed by atoms with Crippen molar-refractivity contribution in [1.29, 1.82) is 0 Å². The third kappa shape index (κ3) is 7.45. The molecule has 2 N–H and O–H groups in total. The van der Waals surface area contributed by atoms with Crippen LogP contribution in [0.4, 0.5) is 10.1 Å². The summed E-state index contributed by atoms with van der Waals surface area (Å²) in [7, 11) is -3.76. The molecule has 162 valence electrons. The third-order valence-corrected chi connectivity index (χ3v) is 5.66. The lowest BCUT2D eigenvalue weighted by Gasteiger charge is -2.13. The molecule has 1 atom stereocenters. The van der Waals surface area contributed by atoms with Crippen LogP contribution in [-0.4, -0.2) is 39.8 Å². The van der Waals surface area contributed by atoms with Gasteiger partial charge in [-0.05, 0) is 43.1 Å². The fraction of sp³-hybridized carbons (Fsp3) is 0.450. The highest BCUT2D eigenvalue weighted by Crippen LogP contribution is 2.23. The van der Waals surface area contributed by atoms with Gasteiger partial charge in [0, 0.05) is 18.5 Å². The summed E-state index contributed by atoms with van der Waals surface area (Å²) in [5.74, 6) is 0.184. The van der Waals surface area contributed by atoms with Crippen LogP contribution in [0.5, 0.6) is 5.88 Å². The number of halogens is 2. The highest BCUT2D eigenvalue weighted by molar-refractivity contribution is 7.92. The van der Waals surface area contributed by atoms with E-state index in [2.05, 4.69) is 21.9 Å². The molecule has 0 saturated heterocycles.